The van der Waals surface area contributed by atoms with Crippen molar-refractivity contribution >= 4 is 5.97 Å². The van der Waals surface area contributed by atoms with Crippen LogP contribution in [0.15, 0.2) is 52.2 Å². The molecule has 3 rings (SSSR count). The molecule has 1 fully saturated rings. The predicted octanol–water partition coefficient (Wildman–Crippen LogP) is -0.597. The maximum atomic E-state index is 12.0. The van der Waals surface area contributed by atoms with Gasteiger partial charge in [-0.25, -0.2) is 9.59 Å². The van der Waals surface area contributed by atoms with Crippen molar-refractivity contribution < 1.29 is 24.5 Å². The van der Waals surface area contributed by atoms with E-state index in [0.717, 1.165) is 16.8 Å². The molecule has 0 amide bonds. The van der Waals surface area contributed by atoms with Crippen molar-refractivity contribution in [2.75, 3.05) is 6.61 Å². The fourth-order valence-corrected chi connectivity index (χ4v) is 2.81. The first-order valence-electron chi connectivity index (χ1n) is 7.90. The fourth-order valence-electron chi connectivity index (χ4n) is 2.81. The van der Waals surface area contributed by atoms with Crippen LogP contribution < -0.4 is 11.2 Å². The SMILES string of the molecule is C[C@@]1(O)[C@H](O)[C@@H](COC(=O)c2ccccc2)O[C@H]1n1ccc(=O)[nH]c1=O. The maximum absolute atomic E-state index is 12.0. The Morgan fingerprint density at radius 1 is 1.31 bits per heavy atom. The van der Waals surface area contributed by atoms with Gasteiger partial charge in [-0.15, -0.1) is 0 Å². The first-order valence-corrected chi connectivity index (χ1v) is 7.90. The van der Waals surface area contributed by atoms with E-state index in [4.69, 9.17) is 9.47 Å². The minimum absolute atomic E-state index is 0.320. The molecule has 0 unspecified atom stereocenters. The number of carbonyl (C=O) groups is 1. The van der Waals surface area contributed by atoms with Crippen LogP contribution in [0.2, 0.25) is 0 Å². The number of aliphatic hydroxyl groups excluding tert-OH is 1. The Balaban J connectivity index is 1.75. The lowest BCUT2D eigenvalue weighted by Crippen LogP contribution is -2.47. The van der Waals surface area contributed by atoms with Gasteiger partial charge in [0.2, 0.25) is 0 Å². The van der Waals surface area contributed by atoms with Gasteiger partial charge in [0.1, 0.15) is 24.4 Å². The van der Waals surface area contributed by atoms with Gasteiger partial charge in [-0.3, -0.25) is 14.3 Å². The van der Waals surface area contributed by atoms with Crippen LogP contribution in [-0.2, 0) is 9.47 Å². The summed E-state index contributed by atoms with van der Waals surface area (Å²) in [6.45, 7) is 0.971. The second-order valence-electron chi connectivity index (χ2n) is 6.18. The quantitative estimate of drug-likeness (QED) is 0.619. The number of nitrogens with zero attached hydrogens (tertiary/aromatic N) is 1. The van der Waals surface area contributed by atoms with Gasteiger partial charge in [0, 0.05) is 12.3 Å². The van der Waals surface area contributed by atoms with Crippen LogP contribution in [0.25, 0.3) is 0 Å². The highest BCUT2D eigenvalue weighted by Crippen LogP contribution is 2.37. The lowest BCUT2D eigenvalue weighted by molar-refractivity contribution is -0.0990. The van der Waals surface area contributed by atoms with E-state index in [1.165, 1.54) is 6.92 Å². The average Bonchev–Trinajstić information content (AvgIpc) is 2.84. The molecule has 2 aromatic rings. The number of aliphatic hydroxyl groups is 2. The molecular weight excluding hydrogens is 344 g/mol. The number of rotatable bonds is 4. The molecule has 4 atom stereocenters. The normalized spacial score (nSPS) is 28.0. The Hall–Kier alpha value is -2.75. The standard InChI is InChI=1S/C17H18N2O7/c1-17(24)13(21)11(9-25-14(22)10-5-3-2-4-6-10)26-15(17)19-8-7-12(20)18-16(19)23/h2-8,11,13,15,21,24H,9H2,1H3,(H,18,20,23)/t11-,13-,15-,17-/m1/s1. The Bertz CT molecular complexity index is 903. The van der Waals surface area contributed by atoms with Crippen LogP contribution >= 0.6 is 0 Å². The van der Waals surface area contributed by atoms with E-state index >= 15 is 0 Å². The number of ether oxygens (including phenoxy) is 2. The molecule has 0 radical (unpaired) electrons. The van der Waals surface area contributed by atoms with Crippen molar-refractivity contribution in [3.8, 4) is 0 Å². The second kappa shape index (κ2) is 6.87. The Morgan fingerprint density at radius 3 is 2.65 bits per heavy atom. The molecule has 0 spiro atoms. The van der Waals surface area contributed by atoms with E-state index in [9.17, 15) is 24.6 Å². The van der Waals surface area contributed by atoms with Crippen LogP contribution in [0.4, 0.5) is 0 Å². The molecule has 0 bridgehead atoms. The van der Waals surface area contributed by atoms with Crippen LogP contribution in [0.5, 0.6) is 0 Å². The number of carbonyl (C=O) groups excluding carboxylic acids is 1. The van der Waals surface area contributed by atoms with Crippen molar-refractivity contribution in [3.05, 3.63) is 69.0 Å². The zero-order valence-electron chi connectivity index (χ0n) is 13.9. The summed E-state index contributed by atoms with van der Waals surface area (Å²) in [4.78, 5) is 37.2. The molecule has 2 heterocycles. The van der Waals surface area contributed by atoms with E-state index in [2.05, 4.69) is 0 Å². The van der Waals surface area contributed by atoms with E-state index < -0.39 is 41.3 Å². The summed E-state index contributed by atoms with van der Waals surface area (Å²) in [5.41, 5.74) is -2.90. The van der Waals surface area contributed by atoms with Crippen LogP contribution in [0.3, 0.4) is 0 Å². The molecule has 1 aromatic carbocycles. The molecule has 3 N–H and O–H groups in total. The molecule has 1 aliphatic heterocycles. The van der Waals surface area contributed by atoms with Gasteiger partial charge in [0.15, 0.2) is 6.23 Å². The van der Waals surface area contributed by atoms with Gasteiger partial charge in [-0.05, 0) is 19.1 Å². The summed E-state index contributed by atoms with van der Waals surface area (Å²) in [7, 11) is 0. The van der Waals surface area contributed by atoms with Crippen LogP contribution in [-0.4, -0.2) is 50.1 Å². The number of hydrogen-bond donors (Lipinski definition) is 3. The first kappa shape index (κ1) is 18.1. The van der Waals surface area contributed by atoms with Crippen molar-refractivity contribution in [1.82, 2.24) is 9.55 Å². The van der Waals surface area contributed by atoms with Gasteiger partial charge < -0.3 is 19.7 Å². The molecule has 1 saturated heterocycles. The first-order chi connectivity index (χ1) is 12.3. The third-order valence-corrected chi connectivity index (χ3v) is 4.25. The van der Waals surface area contributed by atoms with Crippen LogP contribution in [0, 0.1) is 0 Å². The molecule has 0 saturated carbocycles. The van der Waals surface area contributed by atoms with Gasteiger partial charge in [-0.2, -0.15) is 0 Å². The lowest BCUT2D eigenvalue weighted by atomic mass is 9.96. The largest absolute Gasteiger partial charge is 0.459 e. The number of hydrogen-bond acceptors (Lipinski definition) is 7. The Morgan fingerprint density at radius 2 is 2.00 bits per heavy atom. The molecule has 0 aliphatic carbocycles. The van der Waals surface area contributed by atoms with Crippen molar-refractivity contribution in [2.24, 2.45) is 0 Å². The highest BCUT2D eigenvalue weighted by atomic mass is 16.6. The third kappa shape index (κ3) is 3.32. The number of esters is 1. The van der Waals surface area contributed by atoms with E-state index in [-0.39, 0.29) is 6.61 Å². The summed E-state index contributed by atoms with van der Waals surface area (Å²) >= 11 is 0. The van der Waals surface area contributed by atoms with Gasteiger partial charge in [0.05, 0.1) is 5.56 Å². The zero-order valence-corrected chi connectivity index (χ0v) is 13.9. The molecule has 138 valence electrons. The monoisotopic (exact) mass is 362 g/mol. The lowest BCUT2D eigenvalue weighted by Gasteiger charge is -2.27. The molecule has 26 heavy (non-hydrogen) atoms. The summed E-state index contributed by atoms with van der Waals surface area (Å²) in [6, 6.07) is 9.36. The summed E-state index contributed by atoms with van der Waals surface area (Å²) in [6.07, 6.45) is -2.58. The van der Waals surface area contributed by atoms with E-state index in [1.807, 2.05) is 4.98 Å². The van der Waals surface area contributed by atoms with Gasteiger partial charge in [0.25, 0.3) is 5.56 Å². The number of aromatic nitrogens is 2. The molecule has 9 heteroatoms. The predicted molar refractivity (Wildman–Crippen MR) is 88.6 cm³/mol. The Labute approximate surface area is 147 Å². The Kier molecular flexibility index (Phi) is 4.77. The smallest absolute Gasteiger partial charge is 0.338 e. The van der Waals surface area contributed by atoms with Crippen LogP contribution in [0.1, 0.15) is 23.5 Å². The molecule has 9 nitrogen and oxygen atoms in total. The number of nitrogens with one attached hydrogen (secondary N) is 1. The molecular formula is C17H18N2O7. The van der Waals surface area contributed by atoms with Crippen molar-refractivity contribution in [1.29, 1.82) is 0 Å². The van der Waals surface area contributed by atoms with E-state index in [0.29, 0.717) is 5.56 Å². The number of H-pyrrole nitrogens is 1. The minimum Gasteiger partial charge on any atom is -0.459 e. The number of aromatic amines is 1. The second-order valence-corrected chi connectivity index (χ2v) is 6.18. The van der Waals surface area contributed by atoms with Crippen molar-refractivity contribution in [2.45, 2.75) is 31.0 Å². The highest BCUT2D eigenvalue weighted by Gasteiger charge is 2.53. The maximum Gasteiger partial charge on any atom is 0.338 e. The zero-order chi connectivity index (χ0) is 18.9. The number of benzene rings is 1. The summed E-state index contributed by atoms with van der Waals surface area (Å²) in [5, 5.41) is 20.9. The average molecular weight is 362 g/mol. The fraction of sp³-hybridized carbons (Fsp3) is 0.353. The molecule has 1 aromatic heterocycles. The minimum atomic E-state index is -1.84. The molecule has 1 aliphatic rings. The topological polar surface area (TPSA) is 131 Å². The van der Waals surface area contributed by atoms with Gasteiger partial charge >= 0.3 is 11.7 Å². The van der Waals surface area contributed by atoms with Crippen molar-refractivity contribution in [3.63, 3.8) is 0 Å². The highest BCUT2D eigenvalue weighted by molar-refractivity contribution is 5.89. The summed E-state index contributed by atoms with van der Waals surface area (Å²) < 4.78 is 11.6. The summed E-state index contributed by atoms with van der Waals surface area (Å²) in [5.74, 6) is -0.606. The third-order valence-electron chi connectivity index (χ3n) is 4.25. The van der Waals surface area contributed by atoms with Gasteiger partial charge in [-0.1, -0.05) is 18.2 Å². The van der Waals surface area contributed by atoms with E-state index in [1.54, 1.807) is 30.3 Å².